The molecule has 1 aromatic carbocycles. The highest BCUT2D eigenvalue weighted by molar-refractivity contribution is 9.10. The molecule has 128 valence electrons. The van der Waals surface area contributed by atoms with E-state index in [4.69, 9.17) is 0 Å². The van der Waals surface area contributed by atoms with Crippen LogP contribution in [0.25, 0.3) is 0 Å². The quantitative estimate of drug-likeness (QED) is 0.779. The number of benzene rings is 1. The summed E-state index contributed by atoms with van der Waals surface area (Å²) >= 11 is 3.37. The third-order valence-electron chi connectivity index (χ3n) is 4.59. The Morgan fingerprint density at radius 2 is 2.13 bits per heavy atom. The maximum atomic E-state index is 13.9. The van der Waals surface area contributed by atoms with E-state index in [1.807, 2.05) is 4.90 Å². The fourth-order valence-electron chi connectivity index (χ4n) is 3.09. The molecule has 0 bridgehead atoms. The number of halogens is 3. The maximum absolute atomic E-state index is 13.9. The smallest absolute Gasteiger partial charge is 0.223 e. The van der Waals surface area contributed by atoms with Crippen LogP contribution in [0.15, 0.2) is 22.7 Å². The number of rotatable bonds is 6. The van der Waals surface area contributed by atoms with Crippen LogP contribution >= 0.6 is 28.3 Å². The molecule has 6 heteroatoms. The van der Waals surface area contributed by atoms with Gasteiger partial charge < -0.3 is 10.2 Å². The highest BCUT2D eigenvalue weighted by Crippen LogP contribution is 2.30. The molecule has 1 saturated carbocycles. The normalized spacial score (nSPS) is 20.2. The summed E-state index contributed by atoms with van der Waals surface area (Å²) in [6, 6.07) is 5.24. The molecule has 1 N–H and O–H groups in total. The van der Waals surface area contributed by atoms with Gasteiger partial charge in [0.2, 0.25) is 5.91 Å². The first-order valence-electron chi connectivity index (χ1n) is 8.07. The minimum absolute atomic E-state index is 0. The van der Waals surface area contributed by atoms with Gasteiger partial charge in [-0.25, -0.2) is 4.39 Å². The van der Waals surface area contributed by atoms with Gasteiger partial charge in [-0.3, -0.25) is 4.79 Å². The molecule has 23 heavy (non-hydrogen) atoms. The molecule has 0 radical (unpaired) electrons. The average Bonchev–Trinajstić information content (AvgIpc) is 3.21. The molecule has 1 unspecified atom stereocenters. The molecule has 1 atom stereocenters. The molecular weight excluding hydrogens is 383 g/mol. The predicted octanol–water partition coefficient (Wildman–Crippen LogP) is 3.89. The summed E-state index contributed by atoms with van der Waals surface area (Å²) in [4.78, 5) is 14.4. The van der Waals surface area contributed by atoms with E-state index in [1.165, 1.54) is 6.07 Å². The molecule has 1 aromatic rings. The fraction of sp³-hybridized carbons (Fsp3) is 0.588. The van der Waals surface area contributed by atoms with Crippen LogP contribution in [0.5, 0.6) is 0 Å². The molecule has 0 aromatic heterocycles. The lowest BCUT2D eigenvalue weighted by molar-refractivity contribution is -0.132. The number of hydrogen-bond donors (Lipinski definition) is 1. The Morgan fingerprint density at radius 1 is 1.35 bits per heavy atom. The van der Waals surface area contributed by atoms with E-state index >= 15 is 0 Å². The minimum Gasteiger partial charge on any atom is -0.335 e. The summed E-state index contributed by atoms with van der Waals surface area (Å²) in [5.74, 6) is 0.558. The molecule has 1 amide bonds. The van der Waals surface area contributed by atoms with Gasteiger partial charge in [0, 0.05) is 29.0 Å². The van der Waals surface area contributed by atoms with Gasteiger partial charge in [-0.2, -0.15) is 0 Å². The van der Waals surface area contributed by atoms with Gasteiger partial charge >= 0.3 is 0 Å². The van der Waals surface area contributed by atoms with Crippen LogP contribution in [0.3, 0.4) is 0 Å². The highest BCUT2D eigenvalue weighted by atomic mass is 79.9. The van der Waals surface area contributed by atoms with Crippen molar-refractivity contribution in [1.82, 2.24) is 10.2 Å². The van der Waals surface area contributed by atoms with Gasteiger partial charge in [0.25, 0.3) is 0 Å². The number of amides is 1. The summed E-state index contributed by atoms with van der Waals surface area (Å²) in [5.41, 5.74) is 0.595. The molecule has 2 aliphatic rings. The Balaban J connectivity index is 0.00000192. The molecule has 2 fully saturated rings. The Bertz CT molecular complexity index is 547. The molecule has 1 aliphatic heterocycles. The van der Waals surface area contributed by atoms with Crippen LogP contribution in [0.2, 0.25) is 0 Å². The van der Waals surface area contributed by atoms with E-state index < -0.39 is 0 Å². The lowest BCUT2D eigenvalue weighted by atomic mass is 10.0. The van der Waals surface area contributed by atoms with Crippen molar-refractivity contribution in [2.24, 2.45) is 5.92 Å². The number of nitrogens with one attached hydrogen (secondary N) is 1. The third kappa shape index (κ3) is 5.16. The van der Waals surface area contributed by atoms with Crippen LogP contribution in [0.4, 0.5) is 4.39 Å². The van der Waals surface area contributed by atoms with Crippen molar-refractivity contribution in [3.63, 3.8) is 0 Å². The van der Waals surface area contributed by atoms with E-state index in [-0.39, 0.29) is 24.1 Å². The first-order valence-corrected chi connectivity index (χ1v) is 8.87. The lowest BCUT2D eigenvalue weighted by Gasteiger charge is -2.23. The number of carbonyl (C=O) groups is 1. The highest BCUT2D eigenvalue weighted by Gasteiger charge is 2.33. The van der Waals surface area contributed by atoms with Crippen molar-refractivity contribution < 1.29 is 9.18 Å². The van der Waals surface area contributed by atoms with E-state index in [9.17, 15) is 9.18 Å². The monoisotopic (exact) mass is 404 g/mol. The zero-order chi connectivity index (χ0) is 15.5. The van der Waals surface area contributed by atoms with E-state index in [1.54, 1.807) is 12.1 Å². The maximum Gasteiger partial charge on any atom is 0.223 e. The van der Waals surface area contributed by atoms with E-state index in [2.05, 4.69) is 21.2 Å². The zero-order valence-corrected chi connectivity index (χ0v) is 15.5. The predicted molar refractivity (Wildman–Crippen MR) is 95.1 cm³/mol. The second kappa shape index (κ2) is 8.45. The van der Waals surface area contributed by atoms with Gasteiger partial charge in [-0.1, -0.05) is 15.9 Å². The van der Waals surface area contributed by atoms with Gasteiger partial charge in [-0.05, 0) is 62.9 Å². The Morgan fingerprint density at radius 3 is 2.78 bits per heavy atom. The summed E-state index contributed by atoms with van der Waals surface area (Å²) in [6.07, 6.45) is 4.78. The molecule has 3 nitrogen and oxygen atoms in total. The largest absolute Gasteiger partial charge is 0.335 e. The molecule has 1 aliphatic carbocycles. The average molecular weight is 406 g/mol. The van der Waals surface area contributed by atoms with Crippen molar-refractivity contribution in [2.45, 2.75) is 44.7 Å². The first-order chi connectivity index (χ1) is 10.6. The van der Waals surface area contributed by atoms with Crippen molar-refractivity contribution in [3.8, 4) is 0 Å². The van der Waals surface area contributed by atoms with Crippen LogP contribution in [-0.2, 0) is 11.3 Å². The molecule has 1 saturated heterocycles. The van der Waals surface area contributed by atoms with E-state index in [0.29, 0.717) is 30.5 Å². The van der Waals surface area contributed by atoms with Gasteiger partial charge in [0.15, 0.2) is 0 Å². The summed E-state index contributed by atoms with van der Waals surface area (Å²) in [7, 11) is 0. The lowest BCUT2D eigenvalue weighted by Crippen LogP contribution is -2.33. The van der Waals surface area contributed by atoms with Crippen LogP contribution in [0, 0.1) is 11.7 Å². The molecule has 1 heterocycles. The van der Waals surface area contributed by atoms with E-state index in [0.717, 1.165) is 43.2 Å². The second-order valence-electron chi connectivity index (χ2n) is 6.39. The van der Waals surface area contributed by atoms with Crippen LogP contribution in [0.1, 0.15) is 37.7 Å². The summed E-state index contributed by atoms with van der Waals surface area (Å²) in [6.45, 7) is 2.48. The van der Waals surface area contributed by atoms with Gasteiger partial charge in [-0.15, -0.1) is 12.4 Å². The standard InChI is InChI=1S/C17H22BrFN2O.ClH/c18-14-2-5-16(19)13(9-14)11-21(15-3-4-15)17(22)6-1-12-7-8-20-10-12;/h2,5,9,12,15,20H,1,3-4,6-8,10-11H2;1H. The molecular formula is C17H23BrClFN2O. The molecule has 3 rings (SSSR count). The van der Waals surface area contributed by atoms with Crippen molar-refractivity contribution >= 4 is 34.2 Å². The second-order valence-corrected chi connectivity index (χ2v) is 7.30. The van der Waals surface area contributed by atoms with Crippen LogP contribution in [-0.4, -0.2) is 29.9 Å². The summed E-state index contributed by atoms with van der Waals surface area (Å²) < 4.78 is 14.8. The number of nitrogens with zero attached hydrogens (tertiary/aromatic N) is 1. The number of hydrogen-bond acceptors (Lipinski definition) is 2. The minimum atomic E-state index is -0.235. The van der Waals surface area contributed by atoms with Gasteiger partial charge in [0.05, 0.1) is 0 Å². The SMILES string of the molecule is Cl.O=C(CCC1CCNC1)N(Cc1cc(Br)ccc1F)C1CC1. The van der Waals surface area contributed by atoms with Crippen molar-refractivity contribution in [2.75, 3.05) is 13.1 Å². The van der Waals surface area contributed by atoms with Crippen molar-refractivity contribution in [1.29, 1.82) is 0 Å². The topological polar surface area (TPSA) is 32.3 Å². The Kier molecular flexibility index (Phi) is 6.86. The van der Waals surface area contributed by atoms with Crippen LogP contribution < -0.4 is 5.32 Å². The Labute approximate surface area is 151 Å². The summed E-state index contributed by atoms with van der Waals surface area (Å²) in [5, 5.41) is 3.33. The third-order valence-corrected chi connectivity index (χ3v) is 5.08. The molecule has 0 spiro atoms. The first kappa shape index (κ1) is 18.7. The van der Waals surface area contributed by atoms with Crippen molar-refractivity contribution in [3.05, 3.63) is 34.1 Å². The fourth-order valence-corrected chi connectivity index (χ4v) is 3.50. The number of carbonyl (C=O) groups excluding carboxylic acids is 1. The zero-order valence-electron chi connectivity index (χ0n) is 13.1. The Hall–Kier alpha value is -0.650. The van der Waals surface area contributed by atoms with Gasteiger partial charge in [0.1, 0.15) is 5.82 Å².